The largest absolute Gasteiger partial charge is 0.556 e. The number of fused-ring (bicyclic) bond motifs is 1. The number of furan rings is 1. The second-order valence-corrected chi connectivity index (χ2v) is 2.14. The van der Waals surface area contributed by atoms with Crippen LogP contribution in [0.1, 0.15) is 0 Å². The van der Waals surface area contributed by atoms with E-state index >= 15 is 0 Å². The first-order valence-corrected chi connectivity index (χ1v) is 3.06. The molecular formula is C8H6O2. The summed E-state index contributed by atoms with van der Waals surface area (Å²) >= 11 is 0. The normalized spacial score (nSPS) is 10.4. The SMILES string of the molecule is [O-][o+]1ccc2ccccc21. The first-order chi connectivity index (χ1) is 4.88. The molecule has 10 heavy (non-hydrogen) atoms. The molecule has 0 saturated heterocycles. The van der Waals surface area contributed by atoms with Crippen LogP contribution in [0.4, 0.5) is 0 Å². The Labute approximate surface area is 58.0 Å². The lowest BCUT2D eigenvalue weighted by molar-refractivity contribution is -0.687. The molecule has 0 unspecified atom stereocenters. The van der Waals surface area contributed by atoms with Gasteiger partial charge in [0.1, 0.15) is 0 Å². The average molecular weight is 134 g/mol. The van der Waals surface area contributed by atoms with Crippen LogP contribution in [0.5, 0.6) is 0 Å². The van der Waals surface area contributed by atoms with Crippen molar-refractivity contribution in [3.05, 3.63) is 36.6 Å². The second kappa shape index (κ2) is 1.77. The molecule has 0 saturated carbocycles. The molecule has 1 heterocycles. The highest BCUT2D eigenvalue weighted by molar-refractivity contribution is 5.76. The molecule has 0 N–H and O–H groups in total. The standard InChI is InChI=1S/C8H6O2/c9-10-6-5-7-3-1-2-4-8(7)10/h1-6H. The van der Waals surface area contributed by atoms with Crippen molar-refractivity contribution in [1.29, 1.82) is 0 Å². The van der Waals surface area contributed by atoms with Crippen molar-refractivity contribution in [3.63, 3.8) is 0 Å². The van der Waals surface area contributed by atoms with E-state index in [0.29, 0.717) is 5.58 Å². The van der Waals surface area contributed by atoms with Gasteiger partial charge in [0.25, 0.3) is 5.58 Å². The molecule has 0 radical (unpaired) electrons. The highest BCUT2D eigenvalue weighted by Gasteiger charge is 2.00. The fourth-order valence-corrected chi connectivity index (χ4v) is 1.01. The van der Waals surface area contributed by atoms with Gasteiger partial charge in [0, 0.05) is 12.1 Å². The zero-order valence-electron chi connectivity index (χ0n) is 5.28. The summed E-state index contributed by atoms with van der Waals surface area (Å²) in [6.07, 6.45) is 1.44. The molecule has 1 aromatic carbocycles. The van der Waals surface area contributed by atoms with Crippen LogP contribution in [0.15, 0.2) is 40.8 Å². The third kappa shape index (κ3) is 0.589. The molecule has 0 fully saturated rings. The number of hydrogen-bond acceptors (Lipinski definition) is 1. The summed E-state index contributed by atoms with van der Waals surface area (Å²) < 4.78 is 1.62. The molecule has 0 atom stereocenters. The van der Waals surface area contributed by atoms with Crippen molar-refractivity contribution in [2.24, 2.45) is 0 Å². The maximum absolute atomic E-state index is 10.8. The fraction of sp³-hybridized carbons (Fsp3) is 0. The predicted molar refractivity (Wildman–Crippen MR) is 36.2 cm³/mol. The number of para-hydroxylation sites is 1. The lowest BCUT2D eigenvalue weighted by Crippen LogP contribution is -1.95. The highest BCUT2D eigenvalue weighted by atomic mass is 17.1. The Hall–Kier alpha value is -1.44. The Morgan fingerprint density at radius 1 is 1.10 bits per heavy atom. The summed E-state index contributed by atoms with van der Waals surface area (Å²) in [5.41, 5.74) is 0.655. The van der Waals surface area contributed by atoms with Crippen LogP contribution in [0.25, 0.3) is 11.0 Å². The second-order valence-electron chi connectivity index (χ2n) is 2.14. The molecule has 0 amide bonds. The molecule has 0 aliphatic heterocycles. The first-order valence-electron chi connectivity index (χ1n) is 3.06. The minimum atomic E-state index is 0.655. The predicted octanol–water partition coefficient (Wildman–Crippen LogP) is 1.24. The van der Waals surface area contributed by atoms with Crippen LogP contribution < -0.4 is 5.26 Å². The van der Waals surface area contributed by atoms with Crippen molar-refractivity contribution < 1.29 is 9.46 Å². The van der Waals surface area contributed by atoms with Crippen molar-refractivity contribution in [1.82, 2.24) is 0 Å². The Morgan fingerprint density at radius 2 is 1.90 bits per heavy atom. The minimum absolute atomic E-state index is 0.655. The molecule has 0 aliphatic carbocycles. The van der Waals surface area contributed by atoms with Crippen LogP contribution in [-0.4, -0.2) is 0 Å². The Kier molecular flexibility index (Phi) is 0.947. The van der Waals surface area contributed by atoms with Crippen LogP contribution >= 0.6 is 0 Å². The molecule has 50 valence electrons. The molecule has 0 spiro atoms. The average Bonchev–Trinajstić information content (AvgIpc) is 2.34. The van der Waals surface area contributed by atoms with E-state index in [4.69, 9.17) is 0 Å². The van der Waals surface area contributed by atoms with E-state index in [0.717, 1.165) is 5.39 Å². The summed E-state index contributed by atoms with van der Waals surface area (Å²) in [5, 5.41) is 11.8. The number of rotatable bonds is 0. The van der Waals surface area contributed by atoms with Gasteiger partial charge in [-0.1, -0.05) is 12.1 Å². The van der Waals surface area contributed by atoms with Crippen molar-refractivity contribution in [2.45, 2.75) is 0 Å². The van der Waals surface area contributed by atoms with E-state index in [-0.39, 0.29) is 0 Å². The van der Waals surface area contributed by atoms with E-state index in [2.05, 4.69) is 0 Å². The molecule has 2 heteroatoms. The van der Waals surface area contributed by atoms with Crippen LogP contribution in [0.2, 0.25) is 0 Å². The lowest BCUT2D eigenvalue weighted by Gasteiger charge is -1.97. The zero-order chi connectivity index (χ0) is 6.97. The van der Waals surface area contributed by atoms with Crippen molar-refractivity contribution >= 4 is 11.0 Å². The smallest absolute Gasteiger partial charge is 0.288 e. The van der Waals surface area contributed by atoms with E-state index in [1.807, 2.05) is 18.2 Å². The van der Waals surface area contributed by atoms with E-state index in [1.165, 1.54) is 6.26 Å². The summed E-state index contributed by atoms with van der Waals surface area (Å²) in [7, 11) is 0. The van der Waals surface area contributed by atoms with Gasteiger partial charge in [0.2, 0.25) is 6.26 Å². The maximum atomic E-state index is 10.8. The van der Waals surface area contributed by atoms with Gasteiger partial charge in [-0.25, -0.2) is 0 Å². The lowest BCUT2D eigenvalue weighted by atomic mass is 10.3. The van der Waals surface area contributed by atoms with Gasteiger partial charge in [-0.05, 0) is 6.07 Å². The highest BCUT2D eigenvalue weighted by Crippen LogP contribution is 2.16. The van der Waals surface area contributed by atoms with E-state index in [1.54, 1.807) is 16.3 Å². The quantitative estimate of drug-likeness (QED) is 0.393. The zero-order valence-corrected chi connectivity index (χ0v) is 5.28. The van der Waals surface area contributed by atoms with Gasteiger partial charge >= 0.3 is 0 Å². The Balaban J connectivity index is 2.93. The van der Waals surface area contributed by atoms with Gasteiger partial charge in [-0.15, -0.1) is 0 Å². The first kappa shape index (κ1) is 5.35. The summed E-state index contributed by atoms with van der Waals surface area (Å²) in [5.74, 6) is 0. The van der Waals surface area contributed by atoms with E-state index < -0.39 is 0 Å². The molecule has 0 aliphatic rings. The third-order valence-electron chi connectivity index (χ3n) is 1.51. The van der Waals surface area contributed by atoms with Crippen LogP contribution in [0, 0.1) is 0 Å². The number of hydrogen-bond donors (Lipinski definition) is 0. The molecule has 2 aromatic rings. The molecule has 2 rings (SSSR count). The maximum Gasteiger partial charge on any atom is 0.288 e. The molecular weight excluding hydrogens is 128 g/mol. The van der Waals surface area contributed by atoms with Crippen LogP contribution in [0.3, 0.4) is 0 Å². The minimum Gasteiger partial charge on any atom is -0.556 e. The molecule has 2 nitrogen and oxygen atoms in total. The topological polar surface area (TPSA) is 25.8 Å². The van der Waals surface area contributed by atoms with Gasteiger partial charge < -0.3 is 9.46 Å². The van der Waals surface area contributed by atoms with E-state index in [9.17, 15) is 5.26 Å². The van der Waals surface area contributed by atoms with Gasteiger partial charge in [0.05, 0.1) is 5.39 Å². The summed E-state index contributed by atoms with van der Waals surface area (Å²) in [6, 6.07) is 9.18. The molecule has 1 aromatic heterocycles. The monoisotopic (exact) mass is 134 g/mol. The Bertz CT molecular complexity index is 349. The fourth-order valence-electron chi connectivity index (χ4n) is 1.01. The number of benzene rings is 1. The van der Waals surface area contributed by atoms with Gasteiger partial charge in [-0.3, -0.25) is 0 Å². The van der Waals surface area contributed by atoms with Gasteiger partial charge in [0.15, 0.2) is 0 Å². The summed E-state index contributed by atoms with van der Waals surface area (Å²) in [4.78, 5) is 0. The van der Waals surface area contributed by atoms with Gasteiger partial charge in [-0.2, -0.15) is 0 Å². The molecule has 0 bridgehead atoms. The van der Waals surface area contributed by atoms with Crippen molar-refractivity contribution in [3.8, 4) is 0 Å². The third-order valence-corrected chi connectivity index (χ3v) is 1.51. The van der Waals surface area contributed by atoms with Crippen LogP contribution in [-0.2, 0) is 0 Å². The summed E-state index contributed by atoms with van der Waals surface area (Å²) in [6.45, 7) is 0. The Morgan fingerprint density at radius 3 is 2.70 bits per heavy atom. The van der Waals surface area contributed by atoms with Crippen molar-refractivity contribution in [2.75, 3.05) is 0 Å².